The summed E-state index contributed by atoms with van der Waals surface area (Å²) in [5.41, 5.74) is 0.849. The summed E-state index contributed by atoms with van der Waals surface area (Å²) in [5.74, 6) is 0.284. The quantitative estimate of drug-likeness (QED) is 0.784. The number of hydrogen-bond donors (Lipinski definition) is 1. The second-order valence-corrected chi connectivity index (χ2v) is 4.93. The highest BCUT2D eigenvalue weighted by Crippen LogP contribution is 2.26. The third-order valence-electron chi connectivity index (χ3n) is 2.83. The van der Waals surface area contributed by atoms with Crippen molar-refractivity contribution in [2.75, 3.05) is 20.3 Å². The van der Waals surface area contributed by atoms with Crippen LogP contribution in [0.15, 0.2) is 42.5 Å². The molecule has 2 aromatic carbocycles. The first kappa shape index (κ1) is 15.8. The van der Waals surface area contributed by atoms with Crippen LogP contribution in [0.3, 0.4) is 0 Å². The van der Waals surface area contributed by atoms with Crippen molar-refractivity contribution in [1.29, 1.82) is 0 Å². The predicted octanol–water partition coefficient (Wildman–Crippen LogP) is 4.01. The SMILES string of the molecule is COCCNCc1ccc(Oc2cccc(Cl)c2)c(F)c1. The van der Waals surface area contributed by atoms with Gasteiger partial charge in [0.2, 0.25) is 0 Å². The van der Waals surface area contributed by atoms with Gasteiger partial charge in [-0.1, -0.05) is 23.7 Å². The first-order chi connectivity index (χ1) is 10.2. The minimum absolute atomic E-state index is 0.179. The number of hydrogen-bond acceptors (Lipinski definition) is 3. The van der Waals surface area contributed by atoms with Crippen molar-refractivity contribution in [3.05, 3.63) is 58.9 Å². The Morgan fingerprint density at radius 1 is 1.19 bits per heavy atom. The van der Waals surface area contributed by atoms with Crippen LogP contribution in [0, 0.1) is 5.82 Å². The highest BCUT2D eigenvalue weighted by molar-refractivity contribution is 6.30. The van der Waals surface area contributed by atoms with Gasteiger partial charge in [0, 0.05) is 25.2 Å². The van der Waals surface area contributed by atoms with E-state index >= 15 is 0 Å². The molecule has 5 heteroatoms. The zero-order valence-electron chi connectivity index (χ0n) is 11.7. The molecule has 112 valence electrons. The lowest BCUT2D eigenvalue weighted by molar-refractivity contribution is 0.199. The maximum Gasteiger partial charge on any atom is 0.166 e. The van der Waals surface area contributed by atoms with E-state index in [0.29, 0.717) is 23.9 Å². The number of halogens is 2. The van der Waals surface area contributed by atoms with Crippen LogP contribution in [0.4, 0.5) is 4.39 Å². The van der Waals surface area contributed by atoms with Gasteiger partial charge in [-0.05, 0) is 35.9 Å². The third-order valence-corrected chi connectivity index (χ3v) is 3.07. The van der Waals surface area contributed by atoms with Crippen LogP contribution in [0.25, 0.3) is 0 Å². The van der Waals surface area contributed by atoms with Crippen LogP contribution in [0.2, 0.25) is 5.02 Å². The minimum atomic E-state index is -0.402. The first-order valence-corrected chi connectivity index (χ1v) is 6.98. The fourth-order valence-electron chi connectivity index (χ4n) is 1.80. The molecule has 0 bridgehead atoms. The summed E-state index contributed by atoms with van der Waals surface area (Å²) in [4.78, 5) is 0. The molecule has 0 fully saturated rings. The van der Waals surface area contributed by atoms with Crippen molar-refractivity contribution in [3.63, 3.8) is 0 Å². The molecule has 0 aromatic heterocycles. The van der Waals surface area contributed by atoms with Gasteiger partial charge in [0.05, 0.1) is 6.61 Å². The van der Waals surface area contributed by atoms with E-state index in [9.17, 15) is 4.39 Å². The van der Waals surface area contributed by atoms with Gasteiger partial charge in [-0.25, -0.2) is 4.39 Å². The normalized spacial score (nSPS) is 10.6. The standard InChI is InChI=1S/C16H17ClFNO2/c1-20-8-7-19-11-12-5-6-16(15(18)9-12)21-14-4-2-3-13(17)10-14/h2-6,9-10,19H,7-8,11H2,1H3. The van der Waals surface area contributed by atoms with E-state index in [0.717, 1.165) is 12.1 Å². The average Bonchev–Trinajstić information content (AvgIpc) is 2.46. The molecule has 3 nitrogen and oxygen atoms in total. The lowest BCUT2D eigenvalue weighted by Crippen LogP contribution is -2.18. The van der Waals surface area contributed by atoms with Gasteiger partial charge < -0.3 is 14.8 Å². The number of rotatable bonds is 7. The first-order valence-electron chi connectivity index (χ1n) is 6.60. The molecule has 21 heavy (non-hydrogen) atoms. The zero-order valence-corrected chi connectivity index (χ0v) is 12.5. The monoisotopic (exact) mass is 309 g/mol. The largest absolute Gasteiger partial charge is 0.454 e. The highest BCUT2D eigenvalue weighted by Gasteiger charge is 2.06. The Kier molecular flexibility index (Phi) is 5.99. The summed E-state index contributed by atoms with van der Waals surface area (Å²) in [7, 11) is 1.64. The van der Waals surface area contributed by atoms with E-state index in [4.69, 9.17) is 21.1 Å². The van der Waals surface area contributed by atoms with Gasteiger partial charge in [-0.3, -0.25) is 0 Å². The molecule has 1 N–H and O–H groups in total. The van der Waals surface area contributed by atoms with Crippen molar-refractivity contribution in [2.45, 2.75) is 6.54 Å². The molecule has 0 atom stereocenters. The van der Waals surface area contributed by atoms with Gasteiger partial charge in [-0.2, -0.15) is 0 Å². The summed E-state index contributed by atoms with van der Waals surface area (Å²) < 4.78 is 24.4. The van der Waals surface area contributed by atoms with Crippen molar-refractivity contribution in [2.24, 2.45) is 0 Å². The van der Waals surface area contributed by atoms with E-state index in [1.165, 1.54) is 6.07 Å². The van der Waals surface area contributed by atoms with Crippen molar-refractivity contribution in [3.8, 4) is 11.5 Å². The summed E-state index contributed by atoms with van der Waals surface area (Å²) in [5, 5.41) is 3.70. The fourth-order valence-corrected chi connectivity index (χ4v) is 1.98. The van der Waals surface area contributed by atoms with E-state index in [1.54, 1.807) is 37.4 Å². The van der Waals surface area contributed by atoms with Crippen molar-refractivity contribution >= 4 is 11.6 Å². The Bertz CT molecular complexity index is 592. The average molecular weight is 310 g/mol. The second kappa shape index (κ2) is 7.98. The molecule has 2 rings (SSSR count). The van der Waals surface area contributed by atoms with E-state index in [-0.39, 0.29) is 5.75 Å². The van der Waals surface area contributed by atoms with Crippen LogP contribution >= 0.6 is 11.6 Å². The lowest BCUT2D eigenvalue weighted by Gasteiger charge is -2.09. The molecule has 0 aliphatic rings. The van der Waals surface area contributed by atoms with Crippen LogP contribution in [-0.2, 0) is 11.3 Å². The fraction of sp³-hybridized carbons (Fsp3) is 0.250. The molecule has 0 aliphatic carbocycles. The topological polar surface area (TPSA) is 30.5 Å². The molecule has 0 radical (unpaired) electrons. The molecule has 0 saturated carbocycles. The van der Waals surface area contributed by atoms with Crippen LogP contribution in [-0.4, -0.2) is 20.3 Å². The van der Waals surface area contributed by atoms with Crippen molar-refractivity contribution in [1.82, 2.24) is 5.32 Å². The predicted molar refractivity (Wildman–Crippen MR) is 81.5 cm³/mol. The second-order valence-electron chi connectivity index (χ2n) is 4.49. The Hall–Kier alpha value is -1.62. The molecule has 0 unspecified atom stereocenters. The molecule has 0 aliphatic heterocycles. The summed E-state index contributed by atoms with van der Waals surface area (Å²) >= 11 is 5.87. The highest BCUT2D eigenvalue weighted by atomic mass is 35.5. The number of benzene rings is 2. The maximum absolute atomic E-state index is 14.0. The molecular weight excluding hydrogens is 293 g/mol. The Morgan fingerprint density at radius 2 is 2.05 bits per heavy atom. The molecule has 2 aromatic rings. The van der Waals surface area contributed by atoms with Gasteiger partial charge in [-0.15, -0.1) is 0 Å². The van der Waals surface area contributed by atoms with Crippen LogP contribution in [0.5, 0.6) is 11.5 Å². The molecule has 0 saturated heterocycles. The Morgan fingerprint density at radius 3 is 2.76 bits per heavy atom. The van der Waals surface area contributed by atoms with Crippen LogP contribution < -0.4 is 10.1 Å². The smallest absolute Gasteiger partial charge is 0.166 e. The van der Waals surface area contributed by atoms with Crippen LogP contribution in [0.1, 0.15) is 5.56 Å². The maximum atomic E-state index is 14.0. The molecule has 0 amide bonds. The van der Waals surface area contributed by atoms with Crippen molar-refractivity contribution < 1.29 is 13.9 Å². The molecule has 0 heterocycles. The zero-order chi connectivity index (χ0) is 15.1. The summed E-state index contributed by atoms with van der Waals surface area (Å²) in [6, 6.07) is 11.8. The van der Waals surface area contributed by atoms with Gasteiger partial charge in [0.1, 0.15) is 5.75 Å². The molecular formula is C16H17ClFNO2. The van der Waals surface area contributed by atoms with E-state index in [2.05, 4.69) is 5.32 Å². The van der Waals surface area contributed by atoms with E-state index in [1.807, 2.05) is 6.07 Å². The lowest BCUT2D eigenvalue weighted by atomic mass is 10.2. The number of nitrogens with one attached hydrogen (secondary N) is 1. The summed E-state index contributed by atoms with van der Waals surface area (Å²) in [6.45, 7) is 1.93. The van der Waals surface area contributed by atoms with Gasteiger partial charge in [0.15, 0.2) is 11.6 Å². The third kappa shape index (κ3) is 5.01. The Balaban J connectivity index is 1.98. The Labute approximate surface area is 128 Å². The minimum Gasteiger partial charge on any atom is -0.454 e. The van der Waals surface area contributed by atoms with Gasteiger partial charge in [0.25, 0.3) is 0 Å². The van der Waals surface area contributed by atoms with Gasteiger partial charge >= 0.3 is 0 Å². The molecule has 0 spiro atoms. The number of methoxy groups -OCH3 is 1. The van der Waals surface area contributed by atoms with E-state index < -0.39 is 5.82 Å². The number of ether oxygens (including phenoxy) is 2. The summed E-state index contributed by atoms with van der Waals surface area (Å²) in [6.07, 6.45) is 0.